The highest BCUT2D eigenvalue weighted by Crippen LogP contribution is 2.51. The quantitative estimate of drug-likeness (QED) is 0.0271. The van der Waals surface area contributed by atoms with Gasteiger partial charge in [-0.1, -0.05) is 83.3 Å². The maximum atomic E-state index is 12.2. The smallest absolute Gasteiger partial charge is 0.318 e. The molecule has 12 aromatic rings. The molecule has 34 heteroatoms. The molecule has 12 heterocycles. The van der Waals surface area contributed by atoms with Crippen molar-refractivity contribution in [1.82, 2.24) is 100 Å². The zero-order valence-corrected chi connectivity index (χ0v) is 84.5. The minimum absolute atomic E-state index is 0.00554. The highest BCUT2D eigenvalue weighted by molar-refractivity contribution is 6.33. The molecular weight excluding hydrogens is 1820 g/mol. The number of fused-ring (bicyclic) bond motifs is 8. The van der Waals surface area contributed by atoms with Crippen molar-refractivity contribution in [2.24, 2.45) is 23.7 Å². The lowest BCUT2D eigenvalue weighted by Gasteiger charge is -2.39. The van der Waals surface area contributed by atoms with Crippen LogP contribution >= 0.6 is 23.2 Å². The van der Waals surface area contributed by atoms with Crippen LogP contribution in [0.3, 0.4) is 0 Å². The van der Waals surface area contributed by atoms with Gasteiger partial charge in [0.2, 0.25) is 23.6 Å². The molecule has 0 saturated carbocycles. The van der Waals surface area contributed by atoms with Gasteiger partial charge in [-0.25, -0.2) is 0 Å². The van der Waals surface area contributed by atoms with Crippen molar-refractivity contribution in [3.05, 3.63) is 230 Å². The SMILES string of the molecule is C=CC(=O)N1CCN(c2ccnc3c2C[C@@H](C)[C@H](c2c(C)cc(O)c4[nH]ncc24)C3)CC1.C=CC(=O)N1CCN(c2ccnc3c2C[C@@H](C)[C@H](c2c(CO)ccc4[nH]ncc24)C3)CC1.C=CC(=O)N1CCN(c2nc(OCCCN(C)C)nc3c2C[C@@H](C)[C@H](c2c(Cl)c(C)cc4[nH]ncc24)C3)CC1.C=CC(=O)N1CCN(c2nc(OCCN(C)C)nc3c2C[C@@H](C)[C@H](c2c(Cl)c(C)cc4[nH]ncc24)C3)CC1. The third-order valence-electron chi connectivity index (χ3n) is 30.1. The van der Waals surface area contributed by atoms with Crippen LogP contribution in [0.1, 0.15) is 147 Å². The Morgan fingerprint density at radius 2 is 0.794 bits per heavy atom. The van der Waals surface area contributed by atoms with Gasteiger partial charge in [0.15, 0.2) is 0 Å². The summed E-state index contributed by atoms with van der Waals surface area (Å²) in [5, 5.41) is 55.5. The van der Waals surface area contributed by atoms with Crippen molar-refractivity contribution in [3.8, 4) is 17.8 Å². The third-order valence-corrected chi connectivity index (χ3v) is 31.1. The highest BCUT2D eigenvalue weighted by atomic mass is 35.5. The molecule has 4 aliphatic carbocycles. The topological polar surface area (TPSA) is 352 Å². The molecule has 0 spiro atoms. The molecule has 742 valence electrons. The fourth-order valence-electron chi connectivity index (χ4n) is 22.5. The fraction of sp³-hybridized carbons (Fsp3) is 0.458. The Hall–Kier alpha value is -12.9. The van der Waals surface area contributed by atoms with Crippen LogP contribution in [0.5, 0.6) is 17.8 Å². The van der Waals surface area contributed by atoms with Gasteiger partial charge in [-0.05, 0) is 270 Å². The number of H-pyrrole nitrogens is 4. The number of rotatable bonds is 22. The second-order valence-corrected chi connectivity index (χ2v) is 40.4. The Labute approximate surface area is 834 Å². The van der Waals surface area contributed by atoms with Crippen molar-refractivity contribution in [1.29, 1.82) is 0 Å². The van der Waals surface area contributed by atoms with Gasteiger partial charge in [-0.3, -0.25) is 49.5 Å². The van der Waals surface area contributed by atoms with Crippen LogP contribution in [-0.4, -0.2) is 293 Å². The summed E-state index contributed by atoms with van der Waals surface area (Å²) in [5.74, 6) is 4.51. The first-order valence-electron chi connectivity index (χ1n) is 49.5. The molecule has 0 radical (unpaired) electrons. The number of amides is 4. The number of pyridine rings is 2. The molecule has 4 aromatic carbocycles. The minimum atomic E-state index is -0.0286. The van der Waals surface area contributed by atoms with E-state index in [0.717, 1.165) is 213 Å². The van der Waals surface area contributed by atoms with Crippen LogP contribution in [0.25, 0.3) is 43.6 Å². The molecule has 4 amide bonds. The minimum Gasteiger partial charge on any atom is -0.506 e. The number of ether oxygens (including phenoxy) is 2. The van der Waals surface area contributed by atoms with Crippen LogP contribution in [-0.2, 0) is 77.2 Å². The van der Waals surface area contributed by atoms with E-state index in [0.29, 0.717) is 139 Å². The molecule has 8 aliphatic rings. The lowest BCUT2D eigenvalue weighted by molar-refractivity contribution is -0.127. The van der Waals surface area contributed by atoms with Crippen LogP contribution < -0.4 is 29.1 Å². The molecule has 8 aromatic heterocycles. The Morgan fingerprint density at radius 1 is 0.426 bits per heavy atom. The number of aliphatic hydroxyl groups is 1. The Bertz CT molecular complexity index is 6630. The number of likely N-dealkylation sites (N-methyl/N-ethyl adjacent to an activating group) is 1. The number of nitrogens with one attached hydrogen (secondary N) is 4. The fourth-order valence-corrected chi connectivity index (χ4v) is 23.1. The molecule has 6 N–H and O–H groups in total. The molecule has 4 aliphatic heterocycles. The number of aliphatic hydroxyl groups excluding tert-OH is 1. The standard InChI is InChI=1S/C29H38ClN7O2.C28H36ClN7O2.2C25H29N5O2/c1-6-25(38)36-9-11-37(12-10-36)28-21-14-18(2)20(26-22-17-31-34-24(22)15-19(3)27(26)30)16-23(21)32-29(33-28)39-13-7-8-35(4)5;1-6-24(37)35-7-9-36(10-8-35)27-20-13-17(2)19(15-22(20)31-28(32-27)38-12-11-34(4)5)25-21-16-30-33-23(21)14-18(3)26(25)29;1-4-23(32)30-9-7-29(8-10-30)21-5-6-26-20-13-17(15(2)11-18(20)21)24-16(3)12-22(31)25-19(24)14-27-28-25;1-3-24(32)30-10-8-29(9-11-30)23-6-7-26-22-13-18(16(2)12-19(22)23)25-17(15-31)4-5-21-20(25)14-27-28-21/h6,15,17-18,20H,1,7-14,16H2,2-5H3,(H,31,34);6,14,16-17,19H,1,7-13,15H2,2-5H3,(H,30,33);4-6,12,14-15,17,31H,1,7-11,13H2,2-3H3,(H,27,28);3-7,14,16,18,31H,1,8-13,15H2,2H3,(H,27,28)/t18-,20-;17-,19-;15-,17-;16-,18-/m1111/s1. The molecule has 0 unspecified atom stereocenters. The first-order valence-corrected chi connectivity index (χ1v) is 50.2. The number of aromatic hydroxyl groups is 1. The Balaban J connectivity index is 0.000000130. The Morgan fingerprint density at radius 3 is 1.21 bits per heavy atom. The van der Waals surface area contributed by atoms with Gasteiger partial charge in [0, 0.05) is 196 Å². The maximum absolute atomic E-state index is 12.2. The van der Waals surface area contributed by atoms with E-state index in [9.17, 15) is 29.4 Å². The summed E-state index contributed by atoms with van der Waals surface area (Å²) in [4.78, 5) is 98.4. The van der Waals surface area contributed by atoms with Crippen LogP contribution in [0.4, 0.5) is 23.0 Å². The number of phenols is 1. The van der Waals surface area contributed by atoms with Crippen LogP contribution in [0.15, 0.2) is 130 Å². The van der Waals surface area contributed by atoms with E-state index in [1.165, 1.54) is 69.1 Å². The number of anilines is 4. The number of piperazine rings is 4. The van der Waals surface area contributed by atoms with Gasteiger partial charge in [-0.2, -0.15) is 40.3 Å². The number of aromatic nitrogens is 14. The predicted molar refractivity (Wildman–Crippen MR) is 555 cm³/mol. The molecule has 141 heavy (non-hydrogen) atoms. The number of aryl methyl sites for hydroxylation is 3. The summed E-state index contributed by atoms with van der Waals surface area (Å²) in [6, 6.07) is 15.0. The summed E-state index contributed by atoms with van der Waals surface area (Å²) in [6.07, 6.45) is 24.5. The van der Waals surface area contributed by atoms with Crippen molar-refractivity contribution in [3.63, 3.8) is 0 Å². The number of nitrogens with zero attached hydrogens (tertiary/aromatic N) is 20. The van der Waals surface area contributed by atoms with Crippen molar-refractivity contribution >= 4 is 113 Å². The average molecular weight is 1950 g/mol. The lowest BCUT2D eigenvalue weighted by atomic mass is 9.73. The summed E-state index contributed by atoms with van der Waals surface area (Å²) in [7, 11) is 8.14. The van der Waals surface area contributed by atoms with Crippen molar-refractivity contribution in [2.45, 2.75) is 137 Å². The van der Waals surface area contributed by atoms with Gasteiger partial charge >= 0.3 is 12.0 Å². The second-order valence-electron chi connectivity index (χ2n) is 39.6. The summed E-state index contributed by atoms with van der Waals surface area (Å²) >= 11 is 13.9. The van der Waals surface area contributed by atoms with E-state index in [1.54, 1.807) is 0 Å². The van der Waals surface area contributed by atoms with Gasteiger partial charge in [0.25, 0.3) is 0 Å². The highest BCUT2D eigenvalue weighted by Gasteiger charge is 2.41. The van der Waals surface area contributed by atoms with E-state index in [-0.39, 0.29) is 53.7 Å². The number of phenolic OH excluding ortho intramolecular Hbond substituents is 1. The average Bonchev–Trinajstić information content (AvgIpc) is 1.75. The van der Waals surface area contributed by atoms with Gasteiger partial charge in [0.05, 0.1) is 65.9 Å². The monoisotopic (exact) mass is 1950 g/mol. The van der Waals surface area contributed by atoms with E-state index in [4.69, 9.17) is 62.6 Å². The van der Waals surface area contributed by atoms with E-state index >= 15 is 0 Å². The molecule has 8 atom stereocenters. The number of carbonyl (C=O) groups is 4. The number of carbonyl (C=O) groups excluding carboxylic acids is 4. The summed E-state index contributed by atoms with van der Waals surface area (Å²) in [6.45, 7) is 44.1. The van der Waals surface area contributed by atoms with Crippen molar-refractivity contribution in [2.75, 3.05) is 179 Å². The molecule has 4 saturated heterocycles. The van der Waals surface area contributed by atoms with E-state index in [2.05, 4.69) is 169 Å². The molecule has 20 rings (SSSR count). The number of benzene rings is 4. The number of hydrogen-bond donors (Lipinski definition) is 6. The first-order chi connectivity index (χ1) is 68.1. The third kappa shape index (κ3) is 21.1. The van der Waals surface area contributed by atoms with E-state index < -0.39 is 0 Å². The predicted octanol–water partition coefficient (Wildman–Crippen LogP) is 13.7. The first kappa shape index (κ1) is 99.7. The lowest BCUT2D eigenvalue weighted by Crippen LogP contribution is -2.49. The number of halogens is 2. The van der Waals surface area contributed by atoms with Gasteiger partial charge in [-0.15, -0.1) is 0 Å². The molecule has 4 fully saturated rings. The molecular formula is C107H132Cl2N24O8. The normalized spacial score (nSPS) is 20.2. The second kappa shape index (κ2) is 43.7. The summed E-state index contributed by atoms with van der Waals surface area (Å²) in [5.41, 5.74) is 24.4. The largest absolute Gasteiger partial charge is 0.506 e. The zero-order chi connectivity index (χ0) is 99.3. The van der Waals surface area contributed by atoms with Crippen LogP contribution in [0, 0.1) is 44.4 Å². The van der Waals surface area contributed by atoms with Gasteiger partial charge < -0.3 is 68.7 Å². The Kier molecular flexibility index (Phi) is 30.9. The van der Waals surface area contributed by atoms with Crippen molar-refractivity contribution < 1.29 is 38.9 Å². The van der Waals surface area contributed by atoms with E-state index in [1.807, 2.05) is 103 Å². The number of hydrogen-bond acceptors (Lipinski definition) is 24. The molecule has 32 nitrogen and oxygen atoms in total. The van der Waals surface area contributed by atoms with Gasteiger partial charge in [0.1, 0.15) is 29.5 Å². The number of aromatic amines is 4. The zero-order valence-electron chi connectivity index (χ0n) is 83.0. The summed E-state index contributed by atoms with van der Waals surface area (Å²) < 4.78 is 12.2. The van der Waals surface area contributed by atoms with Crippen LogP contribution in [0.2, 0.25) is 10.0 Å². The maximum Gasteiger partial charge on any atom is 0.318 e. The molecule has 0 bridgehead atoms.